The normalized spacial score (nSPS) is 14.2. The van der Waals surface area contributed by atoms with Gasteiger partial charge in [-0.3, -0.25) is 4.79 Å². The number of rotatable bonds is 4. The number of hydrogen-bond acceptors (Lipinski definition) is 5. The van der Waals surface area contributed by atoms with E-state index in [4.69, 9.17) is 15.6 Å². The van der Waals surface area contributed by atoms with Crippen LogP contribution in [0.3, 0.4) is 0 Å². The molecule has 0 spiro atoms. The van der Waals surface area contributed by atoms with Crippen LogP contribution in [-0.2, 0) is 4.79 Å². The van der Waals surface area contributed by atoms with Crippen molar-refractivity contribution in [2.24, 2.45) is 5.73 Å². The number of aliphatic hydroxyl groups is 1. The van der Waals surface area contributed by atoms with Gasteiger partial charge in [-0.05, 0) is 17.7 Å². The predicted octanol–water partition coefficient (Wildman–Crippen LogP) is -0.154. The van der Waals surface area contributed by atoms with Gasteiger partial charge in [0.2, 0.25) is 0 Å². The number of carboxylic acid groups (broad SMARTS) is 1. The molecule has 16 heavy (non-hydrogen) atoms. The lowest BCUT2D eigenvalue weighted by Crippen LogP contribution is -2.36. The van der Waals surface area contributed by atoms with Crippen molar-refractivity contribution < 1.29 is 24.9 Å². The Labute approximate surface area is 91.9 Å². The van der Waals surface area contributed by atoms with Crippen molar-refractivity contribution >= 4 is 5.97 Å². The molecule has 5 N–H and O–H groups in total. The van der Waals surface area contributed by atoms with Crippen LogP contribution in [0.5, 0.6) is 11.5 Å². The van der Waals surface area contributed by atoms with Crippen molar-refractivity contribution in [2.45, 2.75) is 12.1 Å². The van der Waals surface area contributed by atoms with Gasteiger partial charge in [0.25, 0.3) is 0 Å². The molecule has 1 aromatic carbocycles. The van der Waals surface area contributed by atoms with Crippen LogP contribution in [0.25, 0.3) is 0 Å². The Bertz CT molecular complexity index is 393. The van der Waals surface area contributed by atoms with Crippen molar-refractivity contribution in [1.82, 2.24) is 0 Å². The second-order valence-corrected chi connectivity index (χ2v) is 3.24. The van der Waals surface area contributed by atoms with Crippen LogP contribution < -0.4 is 10.5 Å². The van der Waals surface area contributed by atoms with Crippen LogP contribution in [-0.4, -0.2) is 34.4 Å². The summed E-state index contributed by atoms with van der Waals surface area (Å²) >= 11 is 0. The highest BCUT2D eigenvalue weighted by molar-refractivity contribution is 5.74. The number of carboxylic acids is 1. The van der Waals surface area contributed by atoms with Crippen molar-refractivity contribution in [3.8, 4) is 11.5 Å². The molecule has 1 aromatic rings. The van der Waals surface area contributed by atoms with E-state index in [1.54, 1.807) is 0 Å². The maximum Gasteiger partial charge on any atom is 0.323 e. The first-order chi connectivity index (χ1) is 7.47. The molecule has 1 rings (SSSR count). The van der Waals surface area contributed by atoms with Crippen LogP contribution in [0.4, 0.5) is 0 Å². The standard InChI is InChI=1S/C10H13NO5/c1-16-7-4-5(2-3-6(7)12)9(13)8(11)10(14)15/h2-4,8-9,12-13H,11H2,1H3,(H,14,15)/t8-,9+/m0/s1. The fourth-order valence-corrected chi connectivity index (χ4v) is 1.22. The second-order valence-electron chi connectivity index (χ2n) is 3.24. The topological polar surface area (TPSA) is 113 Å². The first-order valence-corrected chi connectivity index (χ1v) is 4.50. The summed E-state index contributed by atoms with van der Waals surface area (Å²) in [6.45, 7) is 0. The molecule has 0 saturated carbocycles. The van der Waals surface area contributed by atoms with Gasteiger partial charge in [0.1, 0.15) is 12.1 Å². The van der Waals surface area contributed by atoms with E-state index in [1.807, 2.05) is 0 Å². The lowest BCUT2D eigenvalue weighted by Gasteiger charge is -2.16. The lowest BCUT2D eigenvalue weighted by molar-refractivity contribution is -0.141. The summed E-state index contributed by atoms with van der Waals surface area (Å²) in [6, 6.07) is 2.59. The van der Waals surface area contributed by atoms with Crippen LogP contribution in [0.2, 0.25) is 0 Å². The SMILES string of the molecule is COc1cc([C@@H](O)[C@H](N)C(=O)O)ccc1O. The summed E-state index contributed by atoms with van der Waals surface area (Å²) in [5, 5.41) is 27.6. The molecule has 0 fully saturated rings. The average Bonchev–Trinajstić information content (AvgIpc) is 2.27. The van der Waals surface area contributed by atoms with Gasteiger partial charge in [-0.2, -0.15) is 0 Å². The maximum absolute atomic E-state index is 10.6. The number of methoxy groups -OCH3 is 1. The van der Waals surface area contributed by atoms with E-state index in [2.05, 4.69) is 0 Å². The number of aliphatic carboxylic acids is 1. The first-order valence-electron chi connectivity index (χ1n) is 4.50. The van der Waals surface area contributed by atoms with Crippen molar-refractivity contribution in [2.75, 3.05) is 7.11 Å². The van der Waals surface area contributed by atoms with Gasteiger partial charge < -0.3 is 25.8 Å². The Balaban J connectivity index is 3.00. The number of ether oxygens (including phenoxy) is 1. The summed E-state index contributed by atoms with van der Waals surface area (Å²) in [5.41, 5.74) is 5.54. The van der Waals surface area contributed by atoms with Gasteiger partial charge in [-0.25, -0.2) is 0 Å². The first kappa shape index (κ1) is 12.3. The van der Waals surface area contributed by atoms with Gasteiger partial charge >= 0.3 is 5.97 Å². The van der Waals surface area contributed by atoms with Gasteiger partial charge in [-0.1, -0.05) is 6.07 Å². The van der Waals surface area contributed by atoms with Crippen LogP contribution in [0.1, 0.15) is 11.7 Å². The van der Waals surface area contributed by atoms with Crippen LogP contribution in [0, 0.1) is 0 Å². The van der Waals surface area contributed by atoms with E-state index in [9.17, 15) is 15.0 Å². The lowest BCUT2D eigenvalue weighted by atomic mass is 10.0. The Hall–Kier alpha value is -1.79. The fraction of sp³-hybridized carbons (Fsp3) is 0.300. The number of phenols is 1. The molecule has 6 nitrogen and oxygen atoms in total. The molecule has 0 aliphatic rings. The fourth-order valence-electron chi connectivity index (χ4n) is 1.22. The quantitative estimate of drug-likeness (QED) is 0.568. The number of nitrogens with two attached hydrogens (primary N) is 1. The molecule has 0 heterocycles. The molecule has 0 unspecified atom stereocenters. The van der Waals surface area contributed by atoms with Crippen LogP contribution >= 0.6 is 0 Å². The van der Waals surface area contributed by atoms with Crippen molar-refractivity contribution in [3.63, 3.8) is 0 Å². The van der Waals surface area contributed by atoms with Crippen LogP contribution in [0.15, 0.2) is 18.2 Å². The molecule has 6 heteroatoms. The van der Waals surface area contributed by atoms with Gasteiger partial charge in [0.15, 0.2) is 11.5 Å². The highest BCUT2D eigenvalue weighted by Gasteiger charge is 2.24. The Morgan fingerprint density at radius 3 is 2.62 bits per heavy atom. The second kappa shape index (κ2) is 4.82. The smallest absolute Gasteiger partial charge is 0.323 e. The van der Waals surface area contributed by atoms with E-state index >= 15 is 0 Å². The van der Waals surface area contributed by atoms with E-state index in [-0.39, 0.29) is 17.1 Å². The molecule has 2 atom stereocenters. The summed E-state index contributed by atoms with van der Waals surface area (Å²) in [4.78, 5) is 10.6. The molecule has 0 bridgehead atoms. The highest BCUT2D eigenvalue weighted by atomic mass is 16.5. The summed E-state index contributed by atoms with van der Waals surface area (Å²) in [5.74, 6) is -1.25. The Morgan fingerprint density at radius 2 is 2.12 bits per heavy atom. The molecule has 0 aliphatic carbocycles. The number of aromatic hydroxyl groups is 1. The largest absolute Gasteiger partial charge is 0.504 e. The van der Waals surface area contributed by atoms with E-state index < -0.39 is 18.1 Å². The van der Waals surface area contributed by atoms with Crippen molar-refractivity contribution in [1.29, 1.82) is 0 Å². The molecule has 0 radical (unpaired) electrons. The minimum absolute atomic E-state index is 0.0950. The molecule has 88 valence electrons. The van der Waals surface area contributed by atoms with Gasteiger partial charge in [0.05, 0.1) is 7.11 Å². The number of phenolic OH excluding ortho intramolecular Hbond substituents is 1. The number of carbonyl (C=O) groups is 1. The maximum atomic E-state index is 10.6. The third kappa shape index (κ3) is 2.41. The zero-order valence-corrected chi connectivity index (χ0v) is 8.62. The van der Waals surface area contributed by atoms with Gasteiger partial charge in [0, 0.05) is 0 Å². The van der Waals surface area contributed by atoms with E-state index in [0.29, 0.717) is 0 Å². The number of aliphatic hydroxyl groups excluding tert-OH is 1. The van der Waals surface area contributed by atoms with Gasteiger partial charge in [-0.15, -0.1) is 0 Å². The Kier molecular flexibility index (Phi) is 3.70. The predicted molar refractivity (Wildman–Crippen MR) is 55.2 cm³/mol. The summed E-state index contributed by atoms with van der Waals surface area (Å²) < 4.78 is 4.83. The zero-order valence-electron chi connectivity index (χ0n) is 8.62. The minimum Gasteiger partial charge on any atom is -0.504 e. The Morgan fingerprint density at radius 1 is 1.50 bits per heavy atom. The highest BCUT2D eigenvalue weighted by Crippen LogP contribution is 2.29. The molecule has 0 amide bonds. The molecular weight excluding hydrogens is 214 g/mol. The molecular formula is C10H13NO5. The number of benzene rings is 1. The average molecular weight is 227 g/mol. The minimum atomic E-state index is -1.42. The third-order valence-corrected chi connectivity index (χ3v) is 2.17. The number of hydrogen-bond donors (Lipinski definition) is 4. The summed E-state index contributed by atoms with van der Waals surface area (Å²) in [7, 11) is 1.35. The van der Waals surface area contributed by atoms with E-state index in [1.165, 1.54) is 25.3 Å². The van der Waals surface area contributed by atoms with E-state index in [0.717, 1.165) is 0 Å². The zero-order chi connectivity index (χ0) is 12.3. The molecule has 0 aromatic heterocycles. The monoisotopic (exact) mass is 227 g/mol. The third-order valence-electron chi connectivity index (χ3n) is 2.17. The molecule has 0 saturated heterocycles. The van der Waals surface area contributed by atoms with Crippen molar-refractivity contribution in [3.05, 3.63) is 23.8 Å². The summed E-state index contributed by atoms with van der Waals surface area (Å²) in [6.07, 6.45) is -1.35. The molecule has 0 aliphatic heterocycles.